The molecule has 98 valence electrons. The molecule has 19 heavy (non-hydrogen) atoms. The molecule has 2 aromatic rings. The first-order valence-electron chi connectivity index (χ1n) is 6.54. The minimum Gasteiger partial charge on any atom is -0.493 e. The van der Waals surface area contributed by atoms with Gasteiger partial charge >= 0.3 is 0 Å². The SMILES string of the molecule is Cc1cccc2c1OCCC(C[n+]1cc[nH]c1)C2=O. The normalized spacial score (nSPS) is 18.6. The smallest absolute Gasteiger partial charge is 0.241 e. The van der Waals surface area contributed by atoms with Gasteiger partial charge in [-0.15, -0.1) is 0 Å². The molecule has 1 aromatic carbocycles. The van der Waals surface area contributed by atoms with E-state index in [0.29, 0.717) is 13.2 Å². The van der Waals surface area contributed by atoms with Gasteiger partial charge < -0.3 is 4.74 Å². The number of benzene rings is 1. The fourth-order valence-electron chi connectivity index (χ4n) is 2.56. The summed E-state index contributed by atoms with van der Waals surface area (Å²) in [5, 5.41) is 0. The molecule has 1 aliphatic heterocycles. The lowest BCUT2D eigenvalue weighted by atomic mass is 9.94. The van der Waals surface area contributed by atoms with E-state index < -0.39 is 0 Å². The summed E-state index contributed by atoms with van der Waals surface area (Å²) >= 11 is 0. The largest absolute Gasteiger partial charge is 0.493 e. The maximum atomic E-state index is 12.6. The van der Waals surface area contributed by atoms with E-state index in [2.05, 4.69) is 4.98 Å². The molecule has 0 spiro atoms. The van der Waals surface area contributed by atoms with Crippen molar-refractivity contribution in [1.29, 1.82) is 0 Å². The lowest BCUT2D eigenvalue weighted by molar-refractivity contribution is -0.699. The fraction of sp³-hybridized carbons (Fsp3) is 0.333. The van der Waals surface area contributed by atoms with Crippen LogP contribution in [0.15, 0.2) is 36.9 Å². The van der Waals surface area contributed by atoms with Gasteiger partial charge in [-0.3, -0.25) is 9.78 Å². The summed E-state index contributed by atoms with van der Waals surface area (Å²) < 4.78 is 7.76. The lowest BCUT2D eigenvalue weighted by Gasteiger charge is -2.10. The average molecular weight is 257 g/mol. The van der Waals surface area contributed by atoms with Gasteiger partial charge in [0, 0.05) is 0 Å². The number of aryl methyl sites for hydroxylation is 1. The van der Waals surface area contributed by atoms with Crippen LogP contribution in [-0.4, -0.2) is 17.4 Å². The number of nitrogens with one attached hydrogen (secondary N) is 1. The summed E-state index contributed by atoms with van der Waals surface area (Å²) in [5.41, 5.74) is 1.75. The number of aromatic nitrogens is 2. The molecular formula is C15H17N2O2+. The maximum absolute atomic E-state index is 12.6. The van der Waals surface area contributed by atoms with Crippen molar-refractivity contribution in [2.45, 2.75) is 19.9 Å². The van der Waals surface area contributed by atoms with E-state index in [4.69, 9.17) is 4.74 Å². The summed E-state index contributed by atoms with van der Waals surface area (Å²) in [4.78, 5) is 15.6. The number of imidazole rings is 1. The Hall–Kier alpha value is -2.10. The predicted octanol–water partition coefficient (Wildman–Crippen LogP) is 1.89. The molecule has 1 atom stereocenters. The first-order chi connectivity index (χ1) is 9.25. The molecule has 0 aliphatic carbocycles. The van der Waals surface area contributed by atoms with E-state index in [1.165, 1.54) is 0 Å². The Bertz CT molecular complexity index is 590. The number of hydrogen-bond acceptors (Lipinski definition) is 2. The van der Waals surface area contributed by atoms with Crippen LogP contribution in [0.2, 0.25) is 0 Å². The molecule has 2 heterocycles. The van der Waals surface area contributed by atoms with Gasteiger partial charge in [-0.2, -0.15) is 0 Å². The number of ketones is 1. The minimum absolute atomic E-state index is 0.0242. The minimum atomic E-state index is -0.0242. The Morgan fingerprint density at radius 2 is 2.37 bits per heavy atom. The van der Waals surface area contributed by atoms with Crippen molar-refractivity contribution in [3.05, 3.63) is 48.0 Å². The Kier molecular flexibility index (Phi) is 3.07. The fourth-order valence-corrected chi connectivity index (χ4v) is 2.56. The first-order valence-corrected chi connectivity index (χ1v) is 6.54. The van der Waals surface area contributed by atoms with Crippen molar-refractivity contribution in [3.63, 3.8) is 0 Å². The summed E-state index contributed by atoms with van der Waals surface area (Å²) in [6, 6.07) is 5.76. The van der Waals surface area contributed by atoms with Crippen LogP contribution in [0.3, 0.4) is 0 Å². The predicted molar refractivity (Wildman–Crippen MR) is 70.1 cm³/mol. The molecule has 1 N–H and O–H groups in total. The van der Waals surface area contributed by atoms with Crippen LogP contribution in [-0.2, 0) is 6.54 Å². The highest BCUT2D eigenvalue weighted by Crippen LogP contribution is 2.30. The third kappa shape index (κ3) is 2.26. The van der Waals surface area contributed by atoms with Gasteiger partial charge in [-0.05, 0) is 25.0 Å². The van der Waals surface area contributed by atoms with E-state index in [9.17, 15) is 4.79 Å². The number of carbonyl (C=O) groups excluding carboxylic acids is 1. The van der Waals surface area contributed by atoms with Crippen molar-refractivity contribution in [2.75, 3.05) is 6.61 Å². The van der Waals surface area contributed by atoms with Crippen molar-refractivity contribution < 1.29 is 14.1 Å². The second-order valence-electron chi connectivity index (χ2n) is 4.96. The molecular weight excluding hydrogens is 240 g/mol. The molecule has 0 saturated carbocycles. The number of para-hydroxylation sites is 1. The number of nitrogens with zero attached hydrogens (tertiary/aromatic N) is 1. The third-order valence-corrected chi connectivity index (χ3v) is 3.59. The molecule has 0 bridgehead atoms. The molecule has 1 unspecified atom stereocenters. The lowest BCUT2D eigenvalue weighted by Crippen LogP contribution is -2.38. The molecule has 3 rings (SSSR count). The Morgan fingerprint density at radius 3 is 3.16 bits per heavy atom. The van der Waals surface area contributed by atoms with Crippen molar-refractivity contribution in [3.8, 4) is 5.75 Å². The van der Waals surface area contributed by atoms with Gasteiger partial charge in [-0.1, -0.05) is 12.1 Å². The van der Waals surface area contributed by atoms with Crippen molar-refractivity contribution in [1.82, 2.24) is 4.98 Å². The standard InChI is InChI=1S/C15H16N2O2/c1-11-3-2-4-13-14(18)12(5-8-19-15(11)13)9-17-7-6-16-10-17/h2-4,6-7,10,12H,5,8-9H2,1H3/p+1. The summed E-state index contributed by atoms with van der Waals surface area (Å²) in [5.74, 6) is 0.919. The summed E-state index contributed by atoms with van der Waals surface area (Å²) in [7, 11) is 0. The number of carbonyl (C=O) groups is 1. The first kappa shape index (κ1) is 12.0. The molecule has 0 amide bonds. The highest BCUT2D eigenvalue weighted by molar-refractivity contribution is 6.00. The summed E-state index contributed by atoms with van der Waals surface area (Å²) in [6.45, 7) is 3.27. The molecule has 0 saturated heterocycles. The number of fused-ring (bicyclic) bond motifs is 1. The maximum Gasteiger partial charge on any atom is 0.241 e. The zero-order chi connectivity index (χ0) is 13.2. The third-order valence-electron chi connectivity index (χ3n) is 3.59. The van der Waals surface area contributed by atoms with Crippen molar-refractivity contribution >= 4 is 5.78 Å². The number of H-pyrrole nitrogens is 1. The second-order valence-corrected chi connectivity index (χ2v) is 4.96. The van der Waals surface area contributed by atoms with E-state index >= 15 is 0 Å². The highest BCUT2D eigenvalue weighted by Gasteiger charge is 2.28. The highest BCUT2D eigenvalue weighted by atomic mass is 16.5. The van der Waals surface area contributed by atoms with Crippen LogP contribution in [0.4, 0.5) is 0 Å². The summed E-state index contributed by atoms with van der Waals surface area (Å²) in [6.07, 6.45) is 6.42. The van der Waals surface area contributed by atoms with E-state index in [1.54, 1.807) is 0 Å². The zero-order valence-electron chi connectivity index (χ0n) is 10.9. The number of rotatable bonds is 2. The van der Waals surface area contributed by atoms with Crippen LogP contribution in [0.5, 0.6) is 5.75 Å². The van der Waals surface area contributed by atoms with Gasteiger partial charge in [0.2, 0.25) is 6.33 Å². The Balaban J connectivity index is 1.91. The van der Waals surface area contributed by atoms with Crippen LogP contribution in [0.25, 0.3) is 0 Å². The van der Waals surface area contributed by atoms with E-state index in [1.807, 2.05) is 48.4 Å². The van der Waals surface area contributed by atoms with Gasteiger partial charge in [-0.25, -0.2) is 4.57 Å². The average Bonchev–Trinajstić information content (AvgIpc) is 2.85. The van der Waals surface area contributed by atoms with Crippen LogP contribution < -0.4 is 9.30 Å². The quantitative estimate of drug-likeness (QED) is 0.835. The van der Waals surface area contributed by atoms with Gasteiger partial charge in [0.1, 0.15) is 24.7 Å². The monoisotopic (exact) mass is 257 g/mol. The molecule has 4 nitrogen and oxygen atoms in total. The van der Waals surface area contributed by atoms with E-state index in [0.717, 1.165) is 23.3 Å². The molecule has 0 radical (unpaired) electrons. The zero-order valence-corrected chi connectivity index (χ0v) is 10.9. The Labute approximate surface area is 112 Å². The number of aromatic amines is 1. The van der Waals surface area contributed by atoms with Gasteiger partial charge in [0.25, 0.3) is 0 Å². The van der Waals surface area contributed by atoms with E-state index in [-0.39, 0.29) is 11.7 Å². The molecule has 0 fully saturated rings. The van der Waals surface area contributed by atoms with Gasteiger partial charge in [0.05, 0.1) is 18.1 Å². The van der Waals surface area contributed by atoms with Gasteiger partial charge in [0.15, 0.2) is 5.78 Å². The Morgan fingerprint density at radius 1 is 1.47 bits per heavy atom. The number of ether oxygens (including phenoxy) is 1. The second kappa shape index (κ2) is 4.88. The van der Waals surface area contributed by atoms with Crippen molar-refractivity contribution in [2.24, 2.45) is 5.92 Å². The van der Waals surface area contributed by atoms with Crippen LogP contribution in [0.1, 0.15) is 22.3 Å². The topological polar surface area (TPSA) is 46.0 Å². The number of hydrogen-bond donors (Lipinski definition) is 1. The van der Waals surface area contributed by atoms with Crippen LogP contribution in [0, 0.1) is 12.8 Å². The number of Topliss-reactive ketones (excluding diaryl/α,β-unsaturated/α-hetero) is 1. The molecule has 4 heteroatoms. The molecule has 1 aliphatic rings. The van der Waals surface area contributed by atoms with Crippen LogP contribution >= 0.6 is 0 Å². The molecule has 1 aromatic heterocycles.